The van der Waals surface area contributed by atoms with E-state index in [-0.39, 0.29) is 11.6 Å². The van der Waals surface area contributed by atoms with Crippen molar-refractivity contribution in [1.29, 1.82) is 0 Å². The summed E-state index contributed by atoms with van der Waals surface area (Å²) in [6, 6.07) is 27.5. The van der Waals surface area contributed by atoms with Gasteiger partial charge in [-0.15, -0.1) is 0 Å². The van der Waals surface area contributed by atoms with Gasteiger partial charge < -0.3 is 0 Å². The van der Waals surface area contributed by atoms with Crippen molar-refractivity contribution in [2.75, 3.05) is 0 Å². The Morgan fingerprint density at radius 1 is 0.553 bits per heavy atom. The smallest absolute Gasteiger partial charge is 0.143 e. The maximum Gasteiger partial charge on any atom is 0.143 e. The van der Waals surface area contributed by atoms with Gasteiger partial charge in [0, 0.05) is 24.7 Å². The van der Waals surface area contributed by atoms with Gasteiger partial charge in [0.25, 0.3) is 0 Å². The second kappa shape index (κ2) is 12.5. The highest BCUT2D eigenvalue weighted by Crippen LogP contribution is 2.39. The van der Waals surface area contributed by atoms with Crippen LogP contribution < -0.4 is 0 Å². The number of rotatable bonds is 10. The summed E-state index contributed by atoms with van der Waals surface area (Å²) in [7, 11) is 0. The van der Waals surface area contributed by atoms with Gasteiger partial charge in [0.2, 0.25) is 0 Å². The van der Waals surface area contributed by atoms with E-state index in [0.29, 0.717) is 48.9 Å². The first-order valence-corrected chi connectivity index (χ1v) is 13.4. The first kappa shape index (κ1) is 25.6. The molecule has 2 aromatic carbocycles. The number of hydrogen-bond acceptors (Lipinski definition) is 6. The van der Waals surface area contributed by atoms with E-state index in [1.807, 2.05) is 84.9 Å². The molecule has 2 unspecified atom stereocenters. The summed E-state index contributed by atoms with van der Waals surface area (Å²) in [5.74, 6) is 0.896. The Labute approximate surface area is 223 Å². The van der Waals surface area contributed by atoms with Gasteiger partial charge in [0.05, 0.1) is 35.6 Å². The second-order valence-corrected chi connectivity index (χ2v) is 10.2. The van der Waals surface area contributed by atoms with E-state index in [2.05, 4.69) is 20.4 Å². The highest BCUT2D eigenvalue weighted by atomic mass is 16.1. The van der Waals surface area contributed by atoms with E-state index < -0.39 is 0 Å². The van der Waals surface area contributed by atoms with Crippen LogP contribution in [0.1, 0.15) is 71.4 Å². The lowest BCUT2D eigenvalue weighted by Gasteiger charge is -2.28. The monoisotopic (exact) mass is 504 g/mol. The largest absolute Gasteiger partial charge is 0.299 e. The third-order valence-electron chi connectivity index (χ3n) is 7.24. The quantitative estimate of drug-likeness (QED) is 0.287. The first-order chi connectivity index (χ1) is 18.6. The molecule has 192 valence electrons. The van der Waals surface area contributed by atoms with E-state index in [4.69, 9.17) is 0 Å². The van der Waals surface area contributed by atoms with Crippen molar-refractivity contribution >= 4 is 11.6 Å². The average Bonchev–Trinajstić information content (AvgIpc) is 2.95. The number of carbonyl (C=O) groups is 2. The molecular weight excluding hydrogens is 472 g/mol. The molecule has 0 aliphatic heterocycles. The lowest BCUT2D eigenvalue weighted by Crippen LogP contribution is -2.17. The van der Waals surface area contributed by atoms with Crippen LogP contribution in [0, 0.1) is 0 Å². The molecule has 0 N–H and O–H groups in total. The second-order valence-electron chi connectivity index (χ2n) is 10.2. The third-order valence-corrected chi connectivity index (χ3v) is 7.24. The summed E-state index contributed by atoms with van der Waals surface area (Å²) < 4.78 is 0. The Bertz CT molecular complexity index is 1240. The predicted molar refractivity (Wildman–Crippen MR) is 146 cm³/mol. The molecule has 0 bridgehead atoms. The first-order valence-electron chi connectivity index (χ1n) is 13.4. The third kappa shape index (κ3) is 7.03. The summed E-state index contributed by atoms with van der Waals surface area (Å²) in [6.45, 7) is 0. The lowest BCUT2D eigenvalue weighted by atomic mass is 9.78. The fourth-order valence-corrected chi connectivity index (χ4v) is 5.27. The topological polar surface area (TPSA) is 85.7 Å². The van der Waals surface area contributed by atoms with E-state index in [1.54, 1.807) is 0 Å². The van der Waals surface area contributed by atoms with Gasteiger partial charge in [0.1, 0.15) is 11.6 Å². The minimum Gasteiger partial charge on any atom is -0.299 e. The Balaban J connectivity index is 1.14. The highest BCUT2D eigenvalue weighted by Gasteiger charge is 2.27. The number of Topliss-reactive ketones (excluding diaryl/α,β-unsaturated/α-hetero) is 2. The van der Waals surface area contributed by atoms with Gasteiger partial charge >= 0.3 is 0 Å². The van der Waals surface area contributed by atoms with Crippen molar-refractivity contribution in [3.05, 3.63) is 119 Å². The maximum absolute atomic E-state index is 12.4. The van der Waals surface area contributed by atoms with Gasteiger partial charge in [-0.25, -0.2) is 0 Å². The normalized spacial score (nSPS) is 17.2. The summed E-state index contributed by atoms with van der Waals surface area (Å²) >= 11 is 0. The van der Waals surface area contributed by atoms with Gasteiger partial charge in [-0.1, -0.05) is 67.1 Å². The summed E-state index contributed by atoms with van der Waals surface area (Å²) in [4.78, 5) is 24.9. The number of carbonyl (C=O) groups excluding carboxylic acids is 2. The molecule has 2 aromatic heterocycles. The van der Waals surface area contributed by atoms with E-state index >= 15 is 0 Å². The molecule has 1 fully saturated rings. The fraction of sp³-hybridized carbons (Fsp3) is 0.312. The molecule has 0 radical (unpaired) electrons. The van der Waals surface area contributed by atoms with Crippen LogP contribution in [0.25, 0.3) is 0 Å². The summed E-state index contributed by atoms with van der Waals surface area (Å²) in [6.07, 6.45) is 5.59. The molecule has 0 amide bonds. The molecule has 2 heterocycles. The van der Waals surface area contributed by atoms with Crippen LogP contribution in [0.2, 0.25) is 0 Å². The summed E-state index contributed by atoms with van der Waals surface area (Å²) in [5, 5.41) is 17.7. The van der Waals surface area contributed by atoms with Crippen LogP contribution in [0.4, 0.5) is 0 Å². The predicted octanol–water partition coefficient (Wildman–Crippen LogP) is 5.42. The Kier molecular flexibility index (Phi) is 8.39. The molecule has 38 heavy (non-hydrogen) atoms. The van der Waals surface area contributed by atoms with Gasteiger partial charge in [-0.2, -0.15) is 20.4 Å². The van der Waals surface area contributed by atoms with E-state index in [9.17, 15) is 9.59 Å². The fourth-order valence-electron chi connectivity index (χ4n) is 5.27. The zero-order valence-electron chi connectivity index (χ0n) is 21.5. The molecule has 0 saturated heterocycles. The molecule has 4 aromatic rings. The zero-order valence-corrected chi connectivity index (χ0v) is 21.5. The Morgan fingerprint density at radius 2 is 1.00 bits per heavy atom. The zero-order chi connectivity index (χ0) is 26.2. The molecule has 1 saturated carbocycles. The summed E-state index contributed by atoms with van der Waals surface area (Å²) in [5.41, 5.74) is 5.42. The standard InChI is InChI=1S/C32H32N4O2/c37-29(18-23-8-3-1-4-9-23)21-27-14-16-31(35-33-27)25-12-7-13-26(20-25)32-17-15-28(34-36-32)22-30(38)19-24-10-5-2-6-11-24/h1-6,8-11,14-17,25-26H,7,12-13,18-22H2. The van der Waals surface area contributed by atoms with Crippen LogP contribution in [-0.4, -0.2) is 32.0 Å². The van der Waals surface area contributed by atoms with E-state index in [1.165, 1.54) is 0 Å². The van der Waals surface area contributed by atoms with Crippen molar-refractivity contribution in [3.8, 4) is 0 Å². The van der Waals surface area contributed by atoms with Crippen LogP contribution in [0.3, 0.4) is 0 Å². The van der Waals surface area contributed by atoms with Crippen molar-refractivity contribution < 1.29 is 9.59 Å². The van der Waals surface area contributed by atoms with Gasteiger partial charge in [-0.3, -0.25) is 9.59 Å². The van der Waals surface area contributed by atoms with Crippen molar-refractivity contribution in [1.82, 2.24) is 20.4 Å². The van der Waals surface area contributed by atoms with Crippen molar-refractivity contribution in [2.45, 2.75) is 63.2 Å². The maximum atomic E-state index is 12.4. The lowest BCUT2D eigenvalue weighted by molar-refractivity contribution is -0.118. The number of aromatic nitrogens is 4. The van der Waals surface area contributed by atoms with E-state index in [0.717, 1.165) is 48.2 Å². The van der Waals surface area contributed by atoms with Crippen molar-refractivity contribution in [3.63, 3.8) is 0 Å². The number of benzene rings is 2. The molecule has 0 spiro atoms. The minimum absolute atomic E-state index is 0.139. The number of nitrogens with zero attached hydrogens (tertiary/aromatic N) is 4. The number of hydrogen-bond donors (Lipinski definition) is 0. The van der Waals surface area contributed by atoms with Crippen LogP contribution in [-0.2, 0) is 35.3 Å². The minimum atomic E-state index is 0.139. The average molecular weight is 505 g/mol. The SMILES string of the molecule is O=C(Cc1ccccc1)Cc1ccc(C2CCCC(c3ccc(CC(=O)Cc4ccccc4)nn3)C2)nn1. The Hall–Kier alpha value is -4.06. The molecular formula is C32H32N4O2. The Morgan fingerprint density at radius 3 is 1.39 bits per heavy atom. The molecule has 5 rings (SSSR count). The molecule has 6 heteroatoms. The molecule has 1 aliphatic rings. The van der Waals surface area contributed by atoms with Gasteiger partial charge in [0.15, 0.2) is 0 Å². The molecule has 2 atom stereocenters. The highest BCUT2D eigenvalue weighted by molar-refractivity contribution is 5.83. The van der Waals surface area contributed by atoms with Crippen LogP contribution >= 0.6 is 0 Å². The molecule has 1 aliphatic carbocycles. The van der Waals surface area contributed by atoms with Crippen LogP contribution in [0.5, 0.6) is 0 Å². The van der Waals surface area contributed by atoms with Gasteiger partial charge in [-0.05, 0) is 54.7 Å². The number of ketones is 2. The van der Waals surface area contributed by atoms with Crippen molar-refractivity contribution in [2.24, 2.45) is 0 Å². The molecule has 6 nitrogen and oxygen atoms in total. The van der Waals surface area contributed by atoms with Crippen LogP contribution in [0.15, 0.2) is 84.9 Å².